The Morgan fingerprint density at radius 1 is 1.03 bits per heavy atom. The first-order valence-electron chi connectivity index (χ1n) is 10.5. The lowest BCUT2D eigenvalue weighted by Gasteiger charge is -2.24. The van der Waals surface area contributed by atoms with E-state index in [1.54, 1.807) is 42.1 Å². The van der Waals surface area contributed by atoms with Crippen molar-refractivity contribution in [1.82, 2.24) is 9.62 Å². The third-order valence-electron chi connectivity index (χ3n) is 5.33. The van der Waals surface area contributed by atoms with E-state index in [0.717, 1.165) is 20.3 Å². The lowest BCUT2D eigenvalue weighted by Crippen LogP contribution is -2.41. The smallest absolute Gasteiger partial charge is 0.243 e. The molecule has 3 rings (SSSR count). The molecule has 1 N–H and O–H groups in total. The molecule has 1 amide bonds. The molecule has 0 aliphatic heterocycles. The molecule has 0 aromatic heterocycles. The molecule has 0 spiro atoms. The second-order valence-electron chi connectivity index (χ2n) is 7.88. The maximum atomic E-state index is 13.5. The summed E-state index contributed by atoms with van der Waals surface area (Å²) in [5.74, 6) is -0.415. The maximum absolute atomic E-state index is 13.5. The fourth-order valence-electron chi connectivity index (χ4n) is 3.35. The average Bonchev–Trinajstić information content (AvgIpc) is 2.80. The lowest BCUT2D eigenvalue weighted by molar-refractivity contribution is -0.122. The van der Waals surface area contributed by atoms with Gasteiger partial charge in [0.05, 0.1) is 17.5 Å². The maximum Gasteiger partial charge on any atom is 0.243 e. The molecular weight excluding hydrogens is 511 g/mol. The first kappa shape index (κ1) is 26.6. The number of hydrogen-bond acceptors (Lipinski definition) is 4. The van der Waals surface area contributed by atoms with Crippen LogP contribution >= 0.6 is 35.0 Å². The SMILES string of the molecule is CSc1ccc([C@@H](C)NC(=O)CN(Cc2ccc(Cl)cc2Cl)S(=O)(=O)c2ccc(C)cc2)cc1. The van der Waals surface area contributed by atoms with Gasteiger partial charge < -0.3 is 5.32 Å². The van der Waals surface area contributed by atoms with Gasteiger partial charge in [-0.2, -0.15) is 4.31 Å². The largest absolute Gasteiger partial charge is 0.348 e. The molecule has 0 aliphatic carbocycles. The van der Waals surface area contributed by atoms with E-state index in [1.165, 1.54) is 12.1 Å². The van der Waals surface area contributed by atoms with Gasteiger partial charge in [-0.05, 0) is 67.6 Å². The number of aryl methyl sites for hydroxylation is 1. The first-order valence-corrected chi connectivity index (χ1v) is 14.0. The molecule has 0 aliphatic rings. The number of carbonyl (C=O) groups excluding carboxylic acids is 1. The van der Waals surface area contributed by atoms with Gasteiger partial charge in [0.2, 0.25) is 15.9 Å². The van der Waals surface area contributed by atoms with Gasteiger partial charge in [0.25, 0.3) is 0 Å². The van der Waals surface area contributed by atoms with Crippen LogP contribution in [0.15, 0.2) is 76.5 Å². The zero-order valence-electron chi connectivity index (χ0n) is 19.1. The van der Waals surface area contributed by atoms with Crippen LogP contribution in [0.25, 0.3) is 0 Å². The summed E-state index contributed by atoms with van der Waals surface area (Å²) in [5.41, 5.74) is 2.42. The minimum Gasteiger partial charge on any atom is -0.348 e. The summed E-state index contributed by atoms with van der Waals surface area (Å²) in [6, 6.07) is 19.0. The molecule has 0 fully saturated rings. The number of hydrogen-bond donors (Lipinski definition) is 1. The minimum atomic E-state index is -3.97. The van der Waals surface area contributed by atoms with E-state index in [0.29, 0.717) is 15.6 Å². The number of sulfonamides is 1. The fraction of sp³-hybridized carbons (Fsp3) is 0.240. The molecule has 0 bridgehead atoms. The Hall–Kier alpha value is -2.03. The van der Waals surface area contributed by atoms with E-state index in [-0.39, 0.29) is 24.0 Å². The van der Waals surface area contributed by atoms with E-state index < -0.39 is 15.9 Å². The minimum absolute atomic E-state index is 0.0730. The van der Waals surface area contributed by atoms with Crippen LogP contribution in [0.2, 0.25) is 10.0 Å². The number of benzene rings is 3. The quantitative estimate of drug-likeness (QED) is 0.336. The standard InChI is InChI=1S/C25H26Cl2N2O3S2/c1-17-4-12-23(13-5-17)34(31,32)29(15-20-6-9-21(26)14-24(20)27)16-25(30)28-18(2)19-7-10-22(33-3)11-8-19/h4-14,18H,15-16H2,1-3H3,(H,28,30)/t18-/m1/s1. The van der Waals surface area contributed by atoms with Crippen LogP contribution in [0.3, 0.4) is 0 Å². The highest BCUT2D eigenvalue weighted by Gasteiger charge is 2.28. The van der Waals surface area contributed by atoms with Crippen LogP contribution in [0.5, 0.6) is 0 Å². The second kappa shape index (κ2) is 11.6. The molecule has 34 heavy (non-hydrogen) atoms. The van der Waals surface area contributed by atoms with Crippen LogP contribution in [-0.2, 0) is 21.4 Å². The third kappa shape index (κ3) is 6.77. The molecule has 0 heterocycles. The van der Waals surface area contributed by atoms with Gasteiger partial charge in [-0.15, -0.1) is 11.8 Å². The predicted molar refractivity (Wildman–Crippen MR) is 140 cm³/mol. The molecule has 0 unspecified atom stereocenters. The Morgan fingerprint density at radius 2 is 1.68 bits per heavy atom. The molecule has 1 atom stereocenters. The van der Waals surface area contributed by atoms with E-state index in [1.807, 2.05) is 44.4 Å². The van der Waals surface area contributed by atoms with E-state index in [2.05, 4.69) is 5.32 Å². The number of thioether (sulfide) groups is 1. The van der Waals surface area contributed by atoms with Crippen molar-refractivity contribution in [3.8, 4) is 0 Å². The van der Waals surface area contributed by atoms with Gasteiger partial charge in [0.15, 0.2) is 0 Å². The summed E-state index contributed by atoms with van der Waals surface area (Å²) in [4.78, 5) is 14.2. The van der Waals surface area contributed by atoms with Crippen LogP contribution < -0.4 is 5.32 Å². The van der Waals surface area contributed by atoms with Gasteiger partial charge in [0.1, 0.15) is 0 Å². The van der Waals surface area contributed by atoms with Gasteiger partial charge in [-0.25, -0.2) is 8.42 Å². The first-order chi connectivity index (χ1) is 16.1. The summed E-state index contributed by atoms with van der Waals surface area (Å²) < 4.78 is 28.1. The van der Waals surface area contributed by atoms with E-state index in [9.17, 15) is 13.2 Å². The van der Waals surface area contributed by atoms with Crippen molar-refractivity contribution in [2.45, 2.75) is 36.2 Å². The number of nitrogens with one attached hydrogen (secondary N) is 1. The molecule has 9 heteroatoms. The fourth-order valence-corrected chi connectivity index (χ4v) is 5.60. The average molecular weight is 538 g/mol. The Labute approximate surface area is 215 Å². The Morgan fingerprint density at radius 3 is 2.26 bits per heavy atom. The summed E-state index contributed by atoms with van der Waals surface area (Å²) in [7, 11) is -3.97. The zero-order chi connectivity index (χ0) is 24.9. The summed E-state index contributed by atoms with van der Waals surface area (Å²) in [5, 5.41) is 3.68. The molecule has 0 saturated carbocycles. The normalized spacial score (nSPS) is 12.5. The van der Waals surface area contributed by atoms with Crippen molar-refractivity contribution in [3.63, 3.8) is 0 Å². The van der Waals surface area contributed by atoms with Gasteiger partial charge in [0, 0.05) is 21.5 Å². The Kier molecular flexibility index (Phi) is 9.07. The summed E-state index contributed by atoms with van der Waals surface area (Å²) in [6.45, 7) is 3.31. The molecule has 180 valence electrons. The summed E-state index contributed by atoms with van der Waals surface area (Å²) in [6.07, 6.45) is 2.00. The van der Waals surface area contributed by atoms with Crippen molar-refractivity contribution in [2.24, 2.45) is 0 Å². The molecule has 5 nitrogen and oxygen atoms in total. The summed E-state index contributed by atoms with van der Waals surface area (Å²) >= 11 is 13.9. The van der Waals surface area contributed by atoms with Crippen LogP contribution in [0.1, 0.15) is 29.7 Å². The molecule has 0 radical (unpaired) electrons. The van der Waals surface area contributed by atoms with Gasteiger partial charge >= 0.3 is 0 Å². The highest BCUT2D eigenvalue weighted by atomic mass is 35.5. The lowest BCUT2D eigenvalue weighted by atomic mass is 10.1. The van der Waals surface area contributed by atoms with Crippen LogP contribution in [0, 0.1) is 6.92 Å². The predicted octanol–water partition coefficient (Wildman–Crippen LogP) is 6.09. The number of halogens is 2. The van der Waals surface area contributed by atoms with Crippen molar-refractivity contribution in [2.75, 3.05) is 12.8 Å². The molecule has 3 aromatic carbocycles. The highest BCUT2D eigenvalue weighted by Crippen LogP contribution is 2.26. The van der Waals surface area contributed by atoms with Crippen LogP contribution in [-0.4, -0.2) is 31.4 Å². The molecule has 3 aromatic rings. The Bertz CT molecular complexity index is 1250. The van der Waals surface area contributed by atoms with Crippen molar-refractivity contribution >= 4 is 50.9 Å². The molecular formula is C25H26Cl2N2O3S2. The van der Waals surface area contributed by atoms with Crippen molar-refractivity contribution in [3.05, 3.63) is 93.5 Å². The topological polar surface area (TPSA) is 66.5 Å². The zero-order valence-corrected chi connectivity index (χ0v) is 22.2. The van der Waals surface area contributed by atoms with Gasteiger partial charge in [-0.3, -0.25) is 4.79 Å². The van der Waals surface area contributed by atoms with Crippen LogP contribution in [0.4, 0.5) is 0 Å². The third-order valence-corrected chi connectivity index (χ3v) is 8.47. The van der Waals surface area contributed by atoms with E-state index >= 15 is 0 Å². The number of rotatable bonds is 9. The van der Waals surface area contributed by atoms with Gasteiger partial charge in [-0.1, -0.05) is 59.1 Å². The Balaban J connectivity index is 1.84. The van der Waals surface area contributed by atoms with Crippen molar-refractivity contribution < 1.29 is 13.2 Å². The number of nitrogens with zero attached hydrogens (tertiary/aromatic N) is 1. The second-order valence-corrected chi connectivity index (χ2v) is 11.5. The monoisotopic (exact) mass is 536 g/mol. The number of carbonyl (C=O) groups is 1. The highest BCUT2D eigenvalue weighted by molar-refractivity contribution is 7.98. The van der Waals surface area contributed by atoms with Crippen molar-refractivity contribution in [1.29, 1.82) is 0 Å². The molecule has 0 saturated heterocycles. The number of amides is 1. The van der Waals surface area contributed by atoms with E-state index in [4.69, 9.17) is 23.2 Å².